The van der Waals surface area contributed by atoms with Crippen LogP contribution in [0.25, 0.3) is 0 Å². The van der Waals surface area contributed by atoms with Crippen LogP contribution in [0.4, 0.5) is 5.82 Å². The van der Waals surface area contributed by atoms with E-state index < -0.39 is 0 Å². The van der Waals surface area contributed by atoms with Gasteiger partial charge in [0.1, 0.15) is 11.6 Å². The molecule has 1 aromatic rings. The number of nitrogens with one attached hydrogen (secondary N) is 1. The Balaban J connectivity index is 2.50. The number of halogens is 1. The van der Waals surface area contributed by atoms with Crippen LogP contribution in [0.3, 0.4) is 0 Å². The lowest BCUT2D eigenvalue weighted by atomic mass is 9.92. The van der Waals surface area contributed by atoms with Gasteiger partial charge in [-0.1, -0.05) is 27.7 Å². The Morgan fingerprint density at radius 1 is 1.29 bits per heavy atom. The Morgan fingerprint density at radius 3 is 2.29 bits per heavy atom. The molecule has 1 N–H and O–H groups in total. The van der Waals surface area contributed by atoms with Crippen molar-refractivity contribution in [2.45, 2.75) is 45.4 Å². The van der Waals surface area contributed by atoms with Gasteiger partial charge >= 0.3 is 0 Å². The fourth-order valence-corrected chi connectivity index (χ4v) is 3.29. The van der Waals surface area contributed by atoms with Crippen LogP contribution in [-0.2, 0) is 5.41 Å². The lowest BCUT2D eigenvalue weighted by Gasteiger charge is -2.21. The summed E-state index contributed by atoms with van der Waals surface area (Å²) in [4.78, 5) is 9.45. The van der Waals surface area contributed by atoms with Gasteiger partial charge in [-0.3, -0.25) is 0 Å². The summed E-state index contributed by atoms with van der Waals surface area (Å²) in [5, 5.41) is 3.19. The Labute approximate surface area is 117 Å². The molecule has 0 spiro atoms. The zero-order valence-corrected chi connectivity index (χ0v) is 13.3. The molecule has 1 aliphatic rings. The number of rotatable bonds is 2. The second-order valence-electron chi connectivity index (χ2n) is 5.91. The molecule has 0 bridgehead atoms. The third-order valence-corrected chi connectivity index (χ3v) is 4.28. The van der Waals surface area contributed by atoms with Crippen molar-refractivity contribution in [3.63, 3.8) is 0 Å². The zero-order chi connectivity index (χ0) is 12.8. The molecular formula is C13H20IN3. The maximum absolute atomic E-state index is 4.81. The van der Waals surface area contributed by atoms with Crippen LogP contribution in [-0.4, -0.2) is 17.0 Å². The average molecular weight is 345 g/mol. The minimum atomic E-state index is 0.0674. The predicted octanol–water partition coefficient (Wildman–Crippen LogP) is 3.54. The van der Waals surface area contributed by atoms with E-state index in [0.29, 0.717) is 5.92 Å². The van der Waals surface area contributed by atoms with E-state index >= 15 is 0 Å². The maximum Gasteiger partial charge on any atom is 0.143 e. The molecule has 2 rings (SSSR count). The largest absolute Gasteiger partial charge is 0.372 e. The van der Waals surface area contributed by atoms with Gasteiger partial charge in [-0.15, -0.1) is 0 Å². The van der Waals surface area contributed by atoms with Gasteiger partial charge in [-0.05, 0) is 34.9 Å². The fourth-order valence-electron chi connectivity index (χ4n) is 1.97. The summed E-state index contributed by atoms with van der Waals surface area (Å²) in [7, 11) is 1.93. The van der Waals surface area contributed by atoms with Gasteiger partial charge < -0.3 is 5.32 Å². The van der Waals surface area contributed by atoms with Gasteiger partial charge in [0.25, 0.3) is 0 Å². The molecule has 1 heterocycles. The van der Waals surface area contributed by atoms with Crippen molar-refractivity contribution in [3.8, 4) is 0 Å². The highest BCUT2D eigenvalue weighted by Crippen LogP contribution is 2.46. The van der Waals surface area contributed by atoms with Gasteiger partial charge in [-0.25, -0.2) is 9.97 Å². The Hall–Kier alpha value is -0.390. The molecule has 0 amide bonds. The molecule has 1 aliphatic carbocycles. The molecule has 2 atom stereocenters. The van der Waals surface area contributed by atoms with E-state index in [0.717, 1.165) is 26.8 Å². The third-order valence-electron chi connectivity index (χ3n) is 3.26. The topological polar surface area (TPSA) is 37.8 Å². The van der Waals surface area contributed by atoms with Crippen LogP contribution in [0, 0.1) is 9.49 Å². The molecule has 4 heteroatoms. The molecule has 1 saturated carbocycles. The molecule has 1 aromatic heterocycles. The lowest BCUT2D eigenvalue weighted by molar-refractivity contribution is 0.557. The van der Waals surface area contributed by atoms with E-state index in [9.17, 15) is 0 Å². The quantitative estimate of drug-likeness (QED) is 0.833. The highest BCUT2D eigenvalue weighted by atomic mass is 127. The average Bonchev–Trinajstić information content (AvgIpc) is 2.94. The summed E-state index contributed by atoms with van der Waals surface area (Å²) in [6.45, 7) is 8.88. The molecule has 0 aromatic carbocycles. The third kappa shape index (κ3) is 2.56. The second kappa shape index (κ2) is 4.37. The van der Waals surface area contributed by atoms with Gasteiger partial charge in [0, 0.05) is 18.4 Å². The number of nitrogens with zero attached hydrogens (tertiary/aromatic N) is 2. The number of hydrogen-bond donors (Lipinski definition) is 1. The van der Waals surface area contributed by atoms with E-state index in [1.54, 1.807) is 0 Å². The highest BCUT2D eigenvalue weighted by molar-refractivity contribution is 14.1. The van der Waals surface area contributed by atoms with Crippen LogP contribution in [0.15, 0.2) is 0 Å². The standard InChI is InChI=1S/C13H20IN3/c1-7-6-8(7)11-16-10(13(2,3)4)9(14)12(15-5)17-11/h7-8H,6H2,1-5H3,(H,15,16,17). The SMILES string of the molecule is CNc1nc(C2CC2C)nc(C(C)(C)C)c1I. The summed E-state index contributed by atoms with van der Waals surface area (Å²) in [5.74, 6) is 3.31. The maximum atomic E-state index is 4.81. The molecule has 0 radical (unpaired) electrons. The van der Waals surface area contributed by atoms with Crippen LogP contribution in [0.1, 0.15) is 51.6 Å². The zero-order valence-electron chi connectivity index (χ0n) is 11.1. The molecule has 1 fully saturated rings. The lowest BCUT2D eigenvalue weighted by Crippen LogP contribution is -2.19. The Morgan fingerprint density at radius 2 is 1.88 bits per heavy atom. The van der Waals surface area contributed by atoms with Gasteiger partial charge in [0.05, 0.1) is 9.26 Å². The summed E-state index contributed by atoms with van der Waals surface area (Å²) in [5.41, 5.74) is 1.23. The number of anilines is 1. The van der Waals surface area contributed by atoms with Crippen molar-refractivity contribution in [1.29, 1.82) is 0 Å². The molecule has 94 valence electrons. The Kier molecular flexibility index (Phi) is 3.36. The van der Waals surface area contributed by atoms with Crippen molar-refractivity contribution in [2.75, 3.05) is 12.4 Å². The van der Waals surface area contributed by atoms with E-state index in [1.165, 1.54) is 6.42 Å². The predicted molar refractivity (Wildman–Crippen MR) is 79.5 cm³/mol. The number of hydrogen-bond acceptors (Lipinski definition) is 3. The molecule has 0 saturated heterocycles. The molecule has 0 aliphatic heterocycles. The fraction of sp³-hybridized carbons (Fsp3) is 0.692. The normalized spacial score (nSPS) is 23.6. The van der Waals surface area contributed by atoms with E-state index in [-0.39, 0.29) is 5.41 Å². The van der Waals surface area contributed by atoms with Crippen LogP contribution in [0.5, 0.6) is 0 Å². The first kappa shape index (κ1) is 13.1. The van der Waals surface area contributed by atoms with E-state index in [1.807, 2.05) is 7.05 Å². The minimum absolute atomic E-state index is 0.0674. The minimum Gasteiger partial charge on any atom is -0.372 e. The van der Waals surface area contributed by atoms with Crippen LogP contribution < -0.4 is 5.32 Å². The second-order valence-corrected chi connectivity index (χ2v) is 6.99. The van der Waals surface area contributed by atoms with Crippen molar-refractivity contribution in [1.82, 2.24) is 9.97 Å². The van der Waals surface area contributed by atoms with Gasteiger partial charge in [0.15, 0.2) is 0 Å². The van der Waals surface area contributed by atoms with Gasteiger partial charge in [-0.2, -0.15) is 0 Å². The molecule has 2 unspecified atom stereocenters. The smallest absolute Gasteiger partial charge is 0.143 e. The molecule has 17 heavy (non-hydrogen) atoms. The van der Waals surface area contributed by atoms with Gasteiger partial charge in [0.2, 0.25) is 0 Å². The first-order chi connectivity index (χ1) is 7.84. The number of aromatic nitrogens is 2. The first-order valence-electron chi connectivity index (χ1n) is 6.10. The van der Waals surface area contributed by atoms with Crippen molar-refractivity contribution in [2.24, 2.45) is 5.92 Å². The summed E-state index contributed by atoms with van der Waals surface area (Å²) in [6, 6.07) is 0. The first-order valence-corrected chi connectivity index (χ1v) is 7.18. The Bertz CT molecular complexity index is 437. The van der Waals surface area contributed by atoms with Crippen LogP contribution in [0.2, 0.25) is 0 Å². The summed E-state index contributed by atoms with van der Waals surface area (Å²) >= 11 is 2.34. The van der Waals surface area contributed by atoms with Crippen molar-refractivity contribution >= 4 is 28.4 Å². The summed E-state index contributed by atoms with van der Waals surface area (Å²) in [6.07, 6.45) is 1.23. The van der Waals surface area contributed by atoms with E-state index in [4.69, 9.17) is 4.98 Å². The van der Waals surface area contributed by atoms with Crippen LogP contribution >= 0.6 is 22.6 Å². The summed E-state index contributed by atoms with van der Waals surface area (Å²) < 4.78 is 1.15. The highest BCUT2D eigenvalue weighted by Gasteiger charge is 2.38. The molecular weight excluding hydrogens is 325 g/mol. The van der Waals surface area contributed by atoms with Crippen molar-refractivity contribution < 1.29 is 0 Å². The van der Waals surface area contributed by atoms with Crippen molar-refractivity contribution in [3.05, 3.63) is 15.1 Å². The molecule has 3 nitrogen and oxygen atoms in total. The van der Waals surface area contributed by atoms with E-state index in [2.05, 4.69) is 60.6 Å². The monoisotopic (exact) mass is 345 g/mol.